The number of rotatable bonds is 4. The summed E-state index contributed by atoms with van der Waals surface area (Å²) >= 11 is 1.20. The van der Waals surface area contributed by atoms with E-state index < -0.39 is 15.6 Å². The minimum absolute atomic E-state index is 0.0658. The van der Waals surface area contributed by atoms with Crippen LogP contribution in [-0.2, 0) is 19.7 Å². The lowest BCUT2D eigenvalue weighted by Gasteiger charge is -2.23. The quantitative estimate of drug-likeness (QED) is 0.804. The van der Waals surface area contributed by atoms with Crippen LogP contribution >= 0.6 is 11.3 Å². The monoisotopic (exact) mass is 371 g/mol. The number of sulfonamides is 1. The number of nitrogens with zero attached hydrogens (tertiary/aromatic N) is 3. The molecule has 0 bridgehead atoms. The third kappa shape index (κ3) is 2.96. The molecule has 1 aromatic heterocycles. The summed E-state index contributed by atoms with van der Waals surface area (Å²) in [5.74, 6) is -0.165. The van der Waals surface area contributed by atoms with Gasteiger partial charge in [-0.25, -0.2) is 8.42 Å². The van der Waals surface area contributed by atoms with E-state index >= 15 is 0 Å². The van der Waals surface area contributed by atoms with E-state index in [1.165, 1.54) is 15.6 Å². The Bertz CT molecular complexity index is 758. The van der Waals surface area contributed by atoms with Gasteiger partial charge in [-0.1, -0.05) is 11.2 Å². The Morgan fingerprint density at radius 3 is 2.88 bits per heavy atom. The largest absolute Gasteiger partial charge is 0.387 e. The molecule has 3 heterocycles. The molecule has 0 N–H and O–H groups in total. The zero-order valence-corrected chi connectivity index (χ0v) is 15.6. The first-order valence-electron chi connectivity index (χ1n) is 7.81. The van der Waals surface area contributed by atoms with Gasteiger partial charge in [-0.05, 0) is 25.3 Å². The lowest BCUT2D eigenvalue weighted by Crippen LogP contribution is -2.40. The number of thiophene rings is 1. The van der Waals surface area contributed by atoms with Crippen LogP contribution in [0.25, 0.3) is 0 Å². The Morgan fingerprint density at radius 1 is 1.50 bits per heavy atom. The summed E-state index contributed by atoms with van der Waals surface area (Å²) in [6, 6.07) is 3.39. The minimum Gasteiger partial charge on any atom is -0.387 e. The molecule has 0 aromatic carbocycles. The molecular formula is C15H21N3O4S2. The molecule has 2 aliphatic heterocycles. The molecule has 2 aliphatic rings. The number of amides is 1. The molecule has 0 saturated carbocycles. The van der Waals surface area contributed by atoms with E-state index in [0.717, 1.165) is 0 Å². The van der Waals surface area contributed by atoms with Crippen LogP contribution in [0.5, 0.6) is 0 Å². The molecular weight excluding hydrogens is 350 g/mol. The molecule has 3 rings (SSSR count). The summed E-state index contributed by atoms with van der Waals surface area (Å²) in [5, 5.41) is 5.70. The van der Waals surface area contributed by atoms with E-state index in [4.69, 9.17) is 4.84 Å². The van der Waals surface area contributed by atoms with Gasteiger partial charge < -0.3 is 9.74 Å². The normalized spacial score (nSPS) is 24.4. The van der Waals surface area contributed by atoms with Crippen molar-refractivity contribution >= 4 is 33.0 Å². The van der Waals surface area contributed by atoms with Crippen molar-refractivity contribution in [3.05, 3.63) is 17.5 Å². The zero-order chi connectivity index (χ0) is 17.5. The predicted molar refractivity (Wildman–Crippen MR) is 91.5 cm³/mol. The Morgan fingerprint density at radius 2 is 2.25 bits per heavy atom. The van der Waals surface area contributed by atoms with Gasteiger partial charge >= 0.3 is 0 Å². The van der Waals surface area contributed by atoms with Crippen LogP contribution in [0.15, 0.2) is 26.9 Å². The fourth-order valence-electron chi connectivity index (χ4n) is 2.84. The molecule has 1 amide bonds. The van der Waals surface area contributed by atoms with Gasteiger partial charge in [0, 0.05) is 32.5 Å². The molecule has 1 fully saturated rings. The topological polar surface area (TPSA) is 79.3 Å². The highest BCUT2D eigenvalue weighted by Crippen LogP contribution is 2.37. The average Bonchev–Trinajstić information content (AvgIpc) is 3.27. The van der Waals surface area contributed by atoms with Crippen molar-refractivity contribution in [2.75, 3.05) is 20.1 Å². The first-order chi connectivity index (χ1) is 11.3. The second-order valence-corrected chi connectivity index (χ2v) is 9.63. The molecule has 1 atom stereocenters. The molecule has 1 saturated heterocycles. The van der Waals surface area contributed by atoms with Gasteiger partial charge in [0.25, 0.3) is 15.9 Å². The molecule has 24 heavy (non-hydrogen) atoms. The first kappa shape index (κ1) is 17.4. The number of carbonyl (C=O) groups is 1. The lowest BCUT2D eigenvalue weighted by atomic mass is 9.96. The minimum atomic E-state index is -3.50. The summed E-state index contributed by atoms with van der Waals surface area (Å²) in [5.41, 5.74) is -0.353. The number of carbonyl (C=O) groups excluding carboxylic acids is 1. The van der Waals surface area contributed by atoms with Crippen LogP contribution in [0.2, 0.25) is 0 Å². The Balaban J connectivity index is 1.70. The Kier molecular flexibility index (Phi) is 4.43. The summed E-state index contributed by atoms with van der Waals surface area (Å²) in [6.07, 6.45) is 0.878. The summed E-state index contributed by atoms with van der Waals surface area (Å²) in [6.45, 7) is 4.44. The SMILES string of the molecule is CC(C)N(C)C(=O)C1=NO[C@]2(CCN(S(=O)(=O)c3cccs3)C2)C1. The van der Waals surface area contributed by atoms with Crippen molar-refractivity contribution in [1.82, 2.24) is 9.21 Å². The number of hydrogen-bond acceptors (Lipinski definition) is 6. The van der Waals surface area contributed by atoms with Crippen LogP contribution in [0.3, 0.4) is 0 Å². The molecule has 132 valence electrons. The zero-order valence-electron chi connectivity index (χ0n) is 13.9. The third-order valence-corrected chi connectivity index (χ3v) is 7.77. The maximum absolute atomic E-state index is 12.6. The number of hydrogen-bond donors (Lipinski definition) is 0. The van der Waals surface area contributed by atoms with Crippen LogP contribution < -0.4 is 0 Å². The van der Waals surface area contributed by atoms with Crippen molar-refractivity contribution in [3.8, 4) is 0 Å². The third-order valence-electron chi connectivity index (χ3n) is 4.55. The standard InChI is InChI=1S/C15H21N3O4S2/c1-11(2)17(3)14(19)12-9-15(22-16-12)6-7-18(10-15)24(20,21)13-5-4-8-23-13/h4-5,8,11H,6-7,9-10H2,1-3H3/t15-/m1/s1. The predicted octanol–water partition coefficient (Wildman–Crippen LogP) is 1.52. The lowest BCUT2D eigenvalue weighted by molar-refractivity contribution is -0.124. The van der Waals surface area contributed by atoms with Crippen LogP contribution in [-0.4, -0.2) is 61.0 Å². The van der Waals surface area contributed by atoms with Crippen LogP contribution in [0, 0.1) is 0 Å². The van der Waals surface area contributed by atoms with E-state index in [1.54, 1.807) is 29.5 Å². The van der Waals surface area contributed by atoms with Gasteiger partial charge in [0.1, 0.15) is 9.92 Å². The Hall–Kier alpha value is -1.45. The van der Waals surface area contributed by atoms with Crippen LogP contribution in [0.1, 0.15) is 26.7 Å². The van der Waals surface area contributed by atoms with Gasteiger partial charge in [-0.3, -0.25) is 4.79 Å². The summed E-state index contributed by atoms with van der Waals surface area (Å²) in [7, 11) is -1.78. The van der Waals surface area contributed by atoms with E-state index in [1.807, 2.05) is 13.8 Å². The maximum Gasteiger partial charge on any atom is 0.271 e. The van der Waals surface area contributed by atoms with Crippen molar-refractivity contribution < 1.29 is 18.0 Å². The highest BCUT2D eigenvalue weighted by Gasteiger charge is 2.50. The van der Waals surface area contributed by atoms with Gasteiger partial charge in [-0.15, -0.1) is 11.3 Å². The van der Waals surface area contributed by atoms with Gasteiger partial charge in [0.05, 0.1) is 6.54 Å². The van der Waals surface area contributed by atoms with E-state index in [2.05, 4.69) is 5.16 Å². The van der Waals surface area contributed by atoms with Crippen molar-refractivity contribution in [2.45, 2.75) is 42.5 Å². The molecule has 0 unspecified atom stereocenters. The maximum atomic E-state index is 12.6. The molecule has 9 heteroatoms. The fraction of sp³-hybridized carbons (Fsp3) is 0.600. The average molecular weight is 371 g/mol. The second kappa shape index (κ2) is 6.12. The molecule has 1 spiro atoms. The second-order valence-electron chi connectivity index (χ2n) is 6.52. The highest BCUT2D eigenvalue weighted by atomic mass is 32.2. The molecule has 7 nitrogen and oxygen atoms in total. The smallest absolute Gasteiger partial charge is 0.271 e. The number of oxime groups is 1. The molecule has 1 aromatic rings. The van der Waals surface area contributed by atoms with E-state index in [-0.39, 0.29) is 18.5 Å². The highest BCUT2D eigenvalue weighted by molar-refractivity contribution is 7.91. The molecule has 0 aliphatic carbocycles. The van der Waals surface area contributed by atoms with Crippen molar-refractivity contribution in [3.63, 3.8) is 0 Å². The van der Waals surface area contributed by atoms with Crippen molar-refractivity contribution in [2.24, 2.45) is 5.16 Å². The fourth-order valence-corrected chi connectivity index (χ4v) is 5.50. The summed E-state index contributed by atoms with van der Waals surface area (Å²) in [4.78, 5) is 19.5. The van der Waals surface area contributed by atoms with Gasteiger partial charge in [0.2, 0.25) is 0 Å². The van der Waals surface area contributed by atoms with Gasteiger partial charge in [0.15, 0.2) is 5.60 Å². The van der Waals surface area contributed by atoms with E-state index in [0.29, 0.717) is 29.3 Å². The first-order valence-corrected chi connectivity index (χ1v) is 10.1. The van der Waals surface area contributed by atoms with Crippen LogP contribution in [0.4, 0.5) is 0 Å². The molecule has 0 radical (unpaired) electrons. The van der Waals surface area contributed by atoms with Gasteiger partial charge in [-0.2, -0.15) is 4.31 Å². The summed E-state index contributed by atoms with van der Waals surface area (Å²) < 4.78 is 27.0. The van der Waals surface area contributed by atoms with E-state index in [9.17, 15) is 13.2 Å². The Labute approximate surface area is 145 Å². The van der Waals surface area contributed by atoms with Crippen molar-refractivity contribution in [1.29, 1.82) is 0 Å².